The van der Waals surface area contributed by atoms with E-state index in [1.165, 1.54) is 5.69 Å². The molecule has 0 amide bonds. The van der Waals surface area contributed by atoms with Gasteiger partial charge < -0.3 is 5.11 Å². The summed E-state index contributed by atoms with van der Waals surface area (Å²) in [5, 5.41) is 13.3. The van der Waals surface area contributed by atoms with E-state index in [1.807, 2.05) is 18.7 Å². The van der Waals surface area contributed by atoms with Crippen LogP contribution in [0, 0.1) is 6.92 Å². The molecule has 1 aliphatic rings. The minimum Gasteiger partial charge on any atom is -0.395 e. The molecular formula is C12H21BrN4O. The van der Waals surface area contributed by atoms with Gasteiger partial charge in [0.05, 0.1) is 22.5 Å². The average molecular weight is 317 g/mol. The van der Waals surface area contributed by atoms with Crippen molar-refractivity contribution < 1.29 is 5.11 Å². The fraction of sp³-hybridized carbons (Fsp3) is 0.750. The third kappa shape index (κ3) is 3.12. The van der Waals surface area contributed by atoms with E-state index in [-0.39, 0.29) is 6.61 Å². The monoisotopic (exact) mass is 316 g/mol. The predicted molar refractivity (Wildman–Crippen MR) is 74.4 cm³/mol. The number of halogens is 1. The minimum atomic E-state index is 0.256. The van der Waals surface area contributed by atoms with E-state index in [4.69, 9.17) is 5.11 Å². The largest absolute Gasteiger partial charge is 0.395 e. The highest BCUT2D eigenvalue weighted by Gasteiger charge is 2.19. The molecule has 18 heavy (non-hydrogen) atoms. The van der Waals surface area contributed by atoms with Crippen LogP contribution in [-0.4, -0.2) is 64.0 Å². The molecule has 6 heteroatoms. The van der Waals surface area contributed by atoms with Crippen molar-refractivity contribution >= 4 is 15.9 Å². The molecule has 5 nitrogen and oxygen atoms in total. The van der Waals surface area contributed by atoms with E-state index < -0.39 is 0 Å². The lowest BCUT2D eigenvalue weighted by atomic mass is 10.2. The van der Waals surface area contributed by atoms with Gasteiger partial charge in [-0.2, -0.15) is 5.10 Å². The standard InChI is InChI=1S/C12H21BrN4O/c1-10-12(13)11(15(2)14-10)9-17-5-3-16(4-6-17)7-8-18/h18H,3-9H2,1-2H3. The van der Waals surface area contributed by atoms with Crippen molar-refractivity contribution in [2.45, 2.75) is 13.5 Å². The molecule has 1 aromatic rings. The molecule has 1 aromatic heterocycles. The van der Waals surface area contributed by atoms with Crippen molar-refractivity contribution in [3.63, 3.8) is 0 Å². The van der Waals surface area contributed by atoms with E-state index in [9.17, 15) is 0 Å². The van der Waals surface area contributed by atoms with Crippen LogP contribution in [0.25, 0.3) is 0 Å². The number of rotatable bonds is 4. The predicted octanol–water partition coefficient (Wildman–Crippen LogP) is 0.601. The first-order valence-corrected chi connectivity index (χ1v) is 7.14. The highest BCUT2D eigenvalue weighted by molar-refractivity contribution is 9.10. The Kier molecular flexibility index (Phi) is 4.77. The minimum absolute atomic E-state index is 0.256. The molecule has 0 bridgehead atoms. The van der Waals surface area contributed by atoms with Crippen LogP contribution in [-0.2, 0) is 13.6 Å². The Hall–Kier alpha value is -0.430. The van der Waals surface area contributed by atoms with Crippen molar-refractivity contribution in [3.05, 3.63) is 15.9 Å². The third-order valence-corrected chi connectivity index (χ3v) is 4.55. The van der Waals surface area contributed by atoms with Crippen molar-refractivity contribution in [2.75, 3.05) is 39.3 Å². The van der Waals surface area contributed by atoms with E-state index in [0.29, 0.717) is 0 Å². The van der Waals surface area contributed by atoms with Gasteiger partial charge in [-0.1, -0.05) is 0 Å². The van der Waals surface area contributed by atoms with Gasteiger partial charge in [0.25, 0.3) is 0 Å². The van der Waals surface area contributed by atoms with Gasteiger partial charge >= 0.3 is 0 Å². The highest BCUT2D eigenvalue weighted by atomic mass is 79.9. The topological polar surface area (TPSA) is 44.5 Å². The maximum absolute atomic E-state index is 8.92. The lowest BCUT2D eigenvalue weighted by molar-refractivity contribution is 0.107. The normalized spacial score (nSPS) is 18.4. The van der Waals surface area contributed by atoms with Crippen molar-refractivity contribution in [2.24, 2.45) is 7.05 Å². The molecule has 0 aromatic carbocycles. The maximum atomic E-state index is 8.92. The first-order chi connectivity index (χ1) is 8.61. The Labute approximate surface area is 116 Å². The van der Waals surface area contributed by atoms with E-state index >= 15 is 0 Å². The zero-order valence-corrected chi connectivity index (χ0v) is 12.6. The molecule has 0 unspecified atom stereocenters. The molecule has 1 fully saturated rings. The summed E-state index contributed by atoms with van der Waals surface area (Å²) in [6.07, 6.45) is 0. The van der Waals surface area contributed by atoms with E-state index in [1.54, 1.807) is 0 Å². The first-order valence-electron chi connectivity index (χ1n) is 6.35. The second kappa shape index (κ2) is 6.14. The van der Waals surface area contributed by atoms with Crippen LogP contribution in [0.2, 0.25) is 0 Å². The van der Waals surface area contributed by atoms with Gasteiger partial charge in [-0.05, 0) is 22.9 Å². The van der Waals surface area contributed by atoms with Crippen molar-refractivity contribution in [1.29, 1.82) is 0 Å². The Morgan fingerprint density at radius 2 is 1.83 bits per heavy atom. The summed E-state index contributed by atoms with van der Waals surface area (Å²) in [5.74, 6) is 0. The molecule has 0 radical (unpaired) electrons. The van der Waals surface area contributed by atoms with E-state index in [0.717, 1.165) is 49.4 Å². The fourth-order valence-corrected chi connectivity index (χ4v) is 2.84. The zero-order chi connectivity index (χ0) is 13.1. The number of piperazine rings is 1. The summed E-state index contributed by atoms with van der Waals surface area (Å²) in [6.45, 7) is 8.18. The lowest BCUT2D eigenvalue weighted by Crippen LogP contribution is -2.46. The molecule has 0 atom stereocenters. The molecule has 1 aliphatic heterocycles. The van der Waals surface area contributed by atoms with Gasteiger partial charge in [0.15, 0.2) is 0 Å². The number of aryl methyl sites for hydroxylation is 2. The average Bonchev–Trinajstić information content (AvgIpc) is 2.59. The Morgan fingerprint density at radius 1 is 1.22 bits per heavy atom. The van der Waals surface area contributed by atoms with Crippen LogP contribution >= 0.6 is 15.9 Å². The molecule has 2 rings (SSSR count). The molecular weight excluding hydrogens is 296 g/mol. The Bertz CT molecular complexity index is 399. The molecule has 0 saturated carbocycles. The van der Waals surface area contributed by atoms with Gasteiger partial charge in [-0.25, -0.2) is 0 Å². The Morgan fingerprint density at radius 3 is 2.33 bits per heavy atom. The maximum Gasteiger partial charge on any atom is 0.0739 e. The summed E-state index contributed by atoms with van der Waals surface area (Å²) >= 11 is 3.61. The van der Waals surface area contributed by atoms with Crippen LogP contribution in [0.4, 0.5) is 0 Å². The van der Waals surface area contributed by atoms with Gasteiger partial charge in [-0.15, -0.1) is 0 Å². The SMILES string of the molecule is Cc1nn(C)c(CN2CCN(CCO)CC2)c1Br. The zero-order valence-electron chi connectivity index (χ0n) is 11.1. The number of aliphatic hydroxyl groups is 1. The van der Waals surface area contributed by atoms with Crippen LogP contribution < -0.4 is 0 Å². The molecule has 0 aliphatic carbocycles. The smallest absolute Gasteiger partial charge is 0.0739 e. The highest BCUT2D eigenvalue weighted by Crippen LogP contribution is 2.22. The van der Waals surface area contributed by atoms with Crippen LogP contribution in [0.5, 0.6) is 0 Å². The van der Waals surface area contributed by atoms with Crippen LogP contribution in [0.1, 0.15) is 11.4 Å². The molecule has 0 spiro atoms. The van der Waals surface area contributed by atoms with Gasteiger partial charge in [-0.3, -0.25) is 14.5 Å². The van der Waals surface area contributed by atoms with Crippen molar-refractivity contribution in [3.8, 4) is 0 Å². The lowest BCUT2D eigenvalue weighted by Gasteiger charge is -2.34. The first kappa shape index (κ1) is 14.0. The van der Waals surface area contributed by atoms with Crippen LogP contribution in [0.15, 0.2) is 4.47 Å². The summed E-state index contributed by atoms with van der Waals surface area (Å²) < 4.78 is 3.09. The summed E-state index contributed by atoms with van der Waals surface area (Å²) in [4.78, 5) is 4.75. The molecule has 2 heterocycles. The second-order valence-corrected chi connectivity index (χ2v) is 5.60. The van der Waals surface area contributed by atoms with Gasteiger partial charge in [0.1, 0.15) is 0 Å². The summed E-state index contributed by atoms with van der Waals surface area (Å²) in [7, 11) is 2.00. The molecule has 1 N–H and O–H groups in total. The number of hydrogen-bond donors (Lipinski definition) is 1. The number of nitrogens with zero attached hydrogens (tertiary/aromatic N) is 4. The molecule has 1 saturated heterocycles. The number of aromatic nitrogens is 2. The third-order valence-electron chi connectivity index (χ3n) is 3.52. The number of aliphatic hydroxyl groups excluding tert-OH is 1. The van der Waals surface area contributed by atoms with Crippen molar-refractivity contribution in [1.82, 2.24) is 19.6 Å². The van der Waals surface area contributed by atoms with Gasteiger partial charge in [0.2, 0.25) is 0 Å². The number of β-amino-alcohol motifs (C(OH)–C–C–N with tert-alkyl or cyclic N) is 1. The summed E-state index contributed by atoms with van der Waals surface area (Å²) in [6, 6.07) is 0. The van der Waals surface area contributed by atoms with Crippen LogP contribution in [0.3, 0.4) is 0 Å². The quantitative estimate of drug-likeness (QED) is 0.883. The summed E-state index contributed by atoms with van der Waals surface area (Å²) in [5.41, 5.74) is 2.29. The Balaban J connectivity index is 1.91. The molecule has 102 valence electrons. The number of hydrogen-bond acceptors (Lipinski definition) is 4. The second-order valence-electron chi connectivity index (χ2n) is 4.81. The van der Waals surface area contributed by atoms with Gasteiger partial charge in [0, 0.05) is 46.3 Å². The fourth-order valence-electron chi connectivity index (χ4n) is 2.38. The van der Waals surface area contributed by atoms with E-state index in [2.05, 4.69) is 30.8 Å².